The van der Waals surface area contributed by atoms with Crippen molar-refractivity contribution in [3.63, 3.8) is 0 Å². The number of nitrogens with one attached hydrogen (secondary N) is 1. The molecule has 3 nitrogen and oxygen atoms in total. The first-order valence-corrected chi connectivity index (χ1v) is 9.32. The second kappa shape index (κ2) is 8.04. The Morgan fingerprint density at radius 1 is 1.17 bits per heavy atom. The smallest absolute Gasteiger partial charge is 0.175 e. The molecule has 1 aliphatic rings. The summed E-state index contributed by atoms with van der Waals surface area (Å²) >= 11 is 3.65. The summed E-state index contributed by atoms with van der Waals surface area (Å²) in [4.78, 5) is 0. The number of benzene rings is 2. The number of ether oxygens (including phenoxy) is 2. The summed E-state index contributed by atoms with van der Waals surface area (Å²) in [6.45, 7) is 6.11. The van der Waals surface area contributed by atoms with Gasteiger partial charge in [0.15, 0.2) is 11.5 Å². The zero-order chi connectivity index (χ0) is 16.9. The quantitative estimate of drug-likeness (QED) is 0.689. The van der Waals surface area contributed by atoms with Crippen molar-refractivity contribution in [3.8, 4) is 11.5 Å². The van der Waals surface area contributed by atoms with E-state index in [9.17, 15) is 0 Å². The normalized spacial score (nSPS) is 13.8. The maximum atomic E-state index is 6.09. The van der Waals surface area contributed by atoms with Crippen LogP contribution in [0.4, 0.5) is 0 Å². The summed E-state index contributed by atoms with van der Waals surface area (Å²) in [6, 6.07) is 13.2. The zero-order valence-electron chi connectivity index (χ0n) is 14.3. The molecule has 0 aromatic heterocycles. The Bertz CT molecular complexity index is 698. The fourth-order valence-corrected chi connectivity index (χ4v) is 3.20. The third kappa shape index (κ3) is 4.52. The molecule has 0 spiro atoms. The molecule has 1 saturated carbocycles. The molecule has 0 unspecified atom stereocenters. The van der Waals surface area contributed by atoms with Crippen molar-refractivity contribution >= 4 is 15.9 Å². The Morgan fingerprint density at radius 3 is 2.67 bits per heavy atom. The summed E-state index contributed by atoms with van der Waals surface area (Å²) < 4.78 is 12.8. The van der Waals surface area contributed by atoms with Crippen molar-refractivity contribution in [1.82, 2.24) is 5.32 Å². The van der Waals surface area contributed by atoms with Gasteiger partial charge in [-0.05, 0) is 71.4 Å². The Balaban J connectivity index is 1.75. The van der Waals surface area contributed by atoms with Gasteiger partial charge in [-0.1, -0.05) is 24.3 Å². The molecular weight excluding hydrogens is 366 g/mol. The lowest BCUT2D eigenvalue weighted by Crippen LogP contribution is -2.15. The predicted octanol–water partition coefficient (Wildman–Crippen LogP) is 4.99. The minimum atomic E-state index is 0.533. The van der Waals surface area contributed by atoms with Gasteiger partial charge in [0, 0.05) is 12.6 Å². The third-order valence-electron chi connectivity index (χ3n) is 4.17. The highest BCUT2D eigenvalue weighted by atomic mass is 79.9. The van der Waals surface area contributed by atoms with Gasteiger partial charge in [-0.15, -0.1) is 0 Å². The van der Waals surface area contributed by atoms with Crippen LogP contribution in [0.5, 0.6) is 11.5 Å². The molecule has 0 atom stereocenters. The first-order chi connectivity index (χ1) is 11.7. The van der Waals surface area contributed by atoms with Crippen LogP contribution in [0.2, 0.25) is 0 Å². The van der Waals surface area contributed by atoms with E-state index in [0.29, 0.717) is 19.3 Å². The average Bonchev–Trinajstić information content (AvgIpc) is 3.38. The fraction of sp³-hybridized carbons (Fsp3) is 0.400. The SMILES string of the molecule is CCOc1cc(CNC2CC2)cc(Br)c1OCc1ccccc1C. The van der Waals surface area contributed by atoms with Crippen molar-refractivity contribution in [1.29, 1.82) is 0 Å². The van der Waals surface area contributed by atoms with Gasteiger partial charge in [-0.3, -0.25) is 0 Å². The third-order valence-corrected chi connectivity index (χ3v) is 4.76. The lowest BCUT2D eigenvalue weighted by molar-refractivity contribution is 0.267. The first kappa shape index (κ1) is 17.3. The minimum absolute atomic E-state index is 0.533. The van der Waals surface area contributed by atoms with Crippen LogP contribution in [0.25, 0.3) is 0 Å². The molecule has 2 aromatic rings. The molecular formula is C20H24BrNO2. The Labute approximate surface area is 152 Å². The Kier molecular flexibility index (Phi) is 5.80. The fourth-order valence-electron chi connectivity index (χ4n) is 2.60. The molecule has 0 heterocycles. The number of aryl methyl sites for hydroxylation is 1. The van der Waals surface area contributed by atoms with Gasteiger partial charge in [0.05, 0.1) is 11.1 Å². The number of rotatable bonds is 8. The highest BCUT2D eigenvalue weighted by Crippen LogP contribution is 2.37. The van der Waals surface area contributed by atoms with Crippen molar-refractivity contribution in [3.05, 3.63) is 57.6 Å². The van der Waals surface area contributed by atoms with E-state index in [0.717, 1.165) is 22.5 Å². The minimum Gasteiger partial charge on any atom is -0.490 e. The molecule has 1 aliphatic carbocycles. The van der Waals surface area contributed by atoms with Gasteiger partial charge >= 0.3 is 0 Å². The van der Waals surface area contributed by atoms with Crippen LogP contribution in [-0.2, 0) is 13.2 Å². The van der Waals surface area contributed by atoms with Gasteiger partial charge in [0.25, 0.3) is 0 Å². The van der Waals surface area contributed by atoms with E-state index in [1.165, 1.54) is 29.5 Å². The van der Waals surface area contributed by atoms with Gasteiger partial charge in [0.2, 0.25) is 0 Å². The van der Waals surface area contributed by atoms with Crippen LogP contribution in [0.1, 0.15) is 36.5 Å². The molecule has 2 aromatic carbocycles. The number of hydrogen-bond donors (Lipinski definition) is 1. The van der Waals surface area contributed by atoms with Crippen LogP contribution in [0, 0.1) is 6.92 Å². The van der Waals surface area contributed by atoms with Gasteiger partial charge in [0.1, 0.15) is 6.61 Å². The second-order valence-electron chi connectivity index (χ2n) is 6.21. The maximum Gasteiger partial charge on any atom is 0.175 e. The molecule has 0 radical (unpaired) electrons. The summed E-state index contributed by atoms with van der Waals surface area (Å²) in [5.41, 5.74) is 3.63. The van der Waals surface area contributed by atoms with E-state index in [2.05, 4.69) is 52.4 Å². The van der Waals surface area contributed by atoms with E-state index >= 15 is 0 Å². The molecule has 0 aliphatic heterocycles. The summed E-state index contributed by atoms with van der Waals surface area (Å²) in [5.74, 6) is 1.57. The van der Waals surface area contributed by atoms with Crippen LogP contribution in [-0.4, -0.2) is 12.6 Å². The monoisotopic (exact) mass is 389 g/mol. The van der Waals surface area contributed by atoms with Crippen LogP contribution in [0.15, 0.2) is 40.9 Å². The van der Waals surface area contributed by atoms with E-state index in [4.69, 9.17) is 9.47 Å². The lowest BCUT2D eigenvalue weighted by Gasteiger charge is -2.16. The highest BCUT2D eigenvalue weighted by Gasteiger charge is 2.20. The van der Waals surface area contributed by atoms with Crippen LogP contribution < -0.4 is 14.8 Å². The average molecular weight is 390 g/mol. The molecule has 0 bridgehead atoms. The van der Waals surface area contributed by atoms with Gasteiger partial charge < -0.3 is 14.8 Å². The molecule has 128 valence electrons. The van der Waals surface area contributed by atoms with Crippen molar-refractivity contribution in [2.75, 3.05) is 6.61 Å². The molecule has 0 amide bonds. The molecule has 4 heteroatoms. The molecule has 1 N–H and O–H groups in total. The van der Waals surface area contributed by atoms with Gasteiger partial charge in [-0.25, -0.2) is 0 Å². The molecule has 24 heavy (non-hydrogen) atoms. The predicted molar refractivity (Wildman–Crippen MR) is 101 cm³/mol. The second-order valence-corrected chi connectivity index (χ2v) is 7.06. The molecule has 3 rings (SSSR count). The summed E-state index contributed by atoms with van der Waals surface area (Å²) in [6.07, 6.45) is 2.58. The van der Waals surface area contributed by atoms with Crippen molar-refractivity contribution < 1.29 is 9.47 Å². The van der Waals surface area contributed by atoms with Crippen LogP contribution >= 0.6 is 15.9 Å². The lowest BCUT2D eigenvalue weighted by atomic mass is 10.1. The number of halogens is 1. The summed E-state index contributed by atoms with van der Waals surface area (Å²) in [5, 5.41) is 3.54. The standard InChI is InChI=1S/C20H24BrNO2/c1-3-23-19-11-15(12-22-17-8-9-17)10-18(21)20(19)24-13-16-7-5-4-6-14(16)2/h4-7,10-11,17,22H,3,8-9,12-13H2,1-2H3. The topological polar surface area (TPSA) is 30.5 Å². The molecule has 1 fully saturated rings. The van der Waals surface area contributed by atoms with E-state index in [-0.39, 0.29) is 0 Å². The first-order valence-electron chi connectivity index (χ1n) is 8.53. The Hall–Kier alpha value is -1.52. The highest BCUT2D eigenvalue weighted by molar-refractivity contribution is 9.10. The maximum absolute atomic E-state index is 6.09. The zero-order valence-corrected chi connectivity index (χ0v) is 15.9. The summed E-state index contributed by atoms with van der Waals surface area (Å²) in [7, 11) is 0. The van der Waals surface area contributed by atoms with E-state index < -0.39 is 0 Å². The Morgan fingerprint density at radius 2 is 1.96 bits per heavy atom. The number of hydrogen-bond acceptors (Lipinski definition) is 3. The molecule has 0 saturated heterocycles. The van der Waals surface area contributed by atoms with Crippen molar-refractivity contribution in [2.45, 2.75) is 45.9 Å². The van der Waals surface area contributed by atoms with Crippen LogP contribution in [0.3, 0.4) is 0 Å². The van der Waals surface area contributed by atoms with E-state index in [1.807, 2.05) is 19.1 Å². The van der Waals surface area contributed by atoms with Crippen molar-refractivity contribution in [2.24, 2.45) is 0 Å². The van der Waals surface area contributed by atoms with Gasteiger partial charge in [-0.2, -0.15) is 0 Å². The largest absolute Gasteiger partial charge is 0.490 e. The van der Waals surface area contributed by atoms with E-state index in [1.54, 1.807) is 0 Å².